The van der Waals surface area contributed by atoms with Gasteiger partial charge < -0.3 is 9.16 Å². The fourth-order valence-corrected chi connectivity index (χ4v) is 3.90. The van der Waals surface area contributed by atoms with Crippen LogP contribution in [-0.4, -0.2) is 46.2 Å². The van der Waals surface area contributed by atoms with Crippen LogP contribution in [0.1, 0.15) is 39.7 Å². The Kier molecular flexibility index (Phi) is 9.15. The summed E-state index contributed by atoms with van der Waals surface area (Å²) in [5, 5.41) is 1.35. The molecule has 0 radical (unpaired) electrons. The molecule has 0 aliphatic rings. The number of carbonyl (C=O) groups is 1. The predicted octanol–water partition coefficient (Wildman–Crippen LogP) is 4.64. The predicted molar refractivity (Wildman–Crippen MR) is 112 cm³/mol. The topological polar surface area (TPSA) is 48.0 Å². The van der Waals surface area contributed by atoms with Crippen molar-refractivity contribution < 1.29 is 18.8 Å². The molecule has 154 valence electrons. The van der Waals surface area contributed by atoms with Crippen LogP contribution in [0.25, 0.3) is 0 Å². The second kappa shape index (κ2) is 10.4. The summed E-state index contributed by atoms with van der Waals surface area (Å²) in [7, 11) is 1.12. The molecule has 0 N–H and O–H groups in total. The summed E-state index contributed by atoms with van der Waals surface area (Å²) < 4.78 is 12.4. The summed E-state index contributed by atoms with van der Waals surface area (Å²) >= 11 is 0. The Morgan fingerprint density at radius 3 is 2.30 bits per heavy atom. The van der Waals surface area contributed by atoms with Crippen LogP contribution in [0.2, 0.25) is 18.1 Å². The molecule has 0 aromatic heterocycles. The maximum absolute atomic E-state index is 12.6. The van der Waals surface area contributed by atoms with Crippen LogP contribution in [0.4, 0.5) is 0 Å². The molecule has 5 nitrogen and oxygen atoms in total. The van der Waals surface area contributed by atoms with Gasteiger partial charge >= 0.3 is 0 Å². The van der Waals surface area contributed by atoms with Crippen LogP contribution in [0.15, 0.2) is 30.3 Å². The number of amides is 1. The molecular weight excluding hydrogens is 358 g/mol. The molecule has 1 aromatic rings. The molecule has 1 amide bonds. The van der Waals surface area contributed by atoms with Crippen LogP contribution in [0.5, 0.6) is 0 Å². The Morgan fingerprint density at radius 2 is 1.78 bits per heavy atom. The molecular formula is C21H37NO4Si. The van der Waals surface area contributed by atoms with Crippen molar-refractivity contribution in [2.75, 3.05) is 20.8 Å². The Morgan fingerprint density at radius 1 is 1.19 bits per heavy atom. The van der Waals surface area contributed by atoms with Crippen LogP contribution in [0.3, 0.4) is 0 Å². The molecule has 0 bridgehead atoms. The molecule has 1 rings (SSSR count). The van der Waals surface area contributed by atoms with Crippen molar-refractivity contribution in [1.82, 2.24) is 5.06 Å². The normalized spacial score (nSPS) is 14.7. The molecule has 2 atom stereocenters. The van der Waals surface area contributed by atoms with Crippen LogP contribution in [-0.2, 0) is 25.4 Å². The van der Waals surface area contributed by atoms with E-state index in [1.807, 2.05) is 37.3 Å². The van der Waals surface area contributed by atoms with Crippen molar-refractivity contribution in [3.8, 4) is 0 Å². The first-order chi connectivity index (χ1) is 12.5. The molecule has 0 spiro atoms. The van der Waals surface area contributed by atoms with Gasteiger partial charge in [0.1, 0.15) is 0 Å². The molecule has 6 heteroatoms. The summed E-state index contributed by atoms with van der Waals surface area (Å²) in [6.45, 7) is 14.1. The highest BCUT2D eigenvalue weighted by Crippen LogP contribution is 2.38. The summed E-state index contributed by atoms with van der Waals surface area (Å²) in [6.07, 6.45) is 0.468. The van der Waals surface area contributed by atoms with Gasteiger partial charge in [-0.3, -0.25) is 9.63 Å². The second-order valence-corrected chi connectivity index (χ2v) is 13.3. The van der Waals surface area contributed by atoms with E-state index in [1.165, 1.54) is 12.2 Å². The molecule has 0 saturated carbocycles. The van der Waals surface area contributed by atoms with Gasteiger partial charge in [0.05, 0.1) is 25.7 Å². The number of ether oxygens (including phenoxy) is 1. The number of carbonyl (C=O) groups excluding carboxylic acids is 1. The molecule has 0 saturated heterocycles. The Labute approximate surface area is 166 Å². The highest BCUT2D eigenvalue weighted by atomic mass is 28.4. The molecule has 0 fully saturated rings. The standard InChI is InChI=1S/C21H37NO4Si/c1-17(20(23)22(5)24-6)19(26-27(7,8)21(2,3)4)14-15-25-16-18-12-10-9-11-13-18/h9-13,17,19H,14-16H2,1-8H3/t17-,19+/m0/s1. The lowest BCUT2D eigenvalue weighted by Crippen LogP contribution is -2.48. The zero-order valence-electron chi connectivity index (χ0n) is 18.2. The third kappa shape index (κ3) is 7.37. The quantitative estimate of drug-likeness (QED) is 0.329. The van der Waals surface area contributed by atoms with Crippen LogP contribution in [0, 0.1) is 5.92 Å². The average molecular weight is 396 g/mol. The number of hydroxylamine groups is 2. The third-order valence-corrected chi connectivity index (χ3v) is 9.95. The first-order valence-corrected chi connectivity index (χ1v) is 12.5. The van der Waals surface area contributed by atoms with Crippen molar-refractivity contribution >= 4 is 14.2 Å². The molecule has 1 aromatic carbocycles. The largest absolute Gasteiger partial charge is 0.413 e. The van der Waals surface area contributed by atoms with Crippen molar-refractivity contribution in [1.29, 1.82) is 0 Å². The van der Waals surface area contributed by atoms with Gasteiger partial charge in [-0.05, 0) is 30.1 Å². The van der Waals surface area contributed by atoms with Gasteiger partial charge in [-0.15, -0.1) is 0 Å². The van der Waals surface area contributed by atoms with Gasteiger partial charge in [-0.1, -0.05) is 58.0 Å². The smallest absolute Gasteiger partial charge is 0.251 e. The first-order valence-electron chi connectivity index (χ1n) is 9.60. The maximum atomic E-state index is 12.6. The first kappa shape index (κ1) is 23.8. The number of hydrogen-bond donors (Lipinski definition) is 0. The van der Waals surface area contributed by atoms with E-state index in [0.717, 1.165) is 5.56 Å². The lowest BCUT2D eigenvalue weighted by molar-refractivity contribution is -0.176. The van der Waals surface area contributed by atoms with Crippen molar-refractivity contribution in [3.05, 3.63) is 35.9 Å². The maximum Gasteiger partial charge on any atom is 0.251 e. The summed E-state index contributed by atoms with van der Waals surface area (Å²) in [6, 6.07) is 10.1. The van der Waals surface area contributed by atoms with E-state index in [1.54, 1.807) is 7.05 Å². The zero-order chi connectivity index (χ0) is 20.7. The van der Waals surface area contributed by atoms with Gasteiger partial charge in [0.2, 0.25) is 0 Å². The van der Waals surface area contributed by atoms with Crippen molar-refractivity contribution in [2.24, 2.45) is 5.92 Å². The lowest BCUT2D eigenvalue weighted by Gasteiger charge is -2.41. The van der Waals surface area contributed by atoms with Gasteiger partial charge in [-0.25, -0.2) is 5.06 Å². The van der Waals surface area contributed by atoms with E-state index in [4.69, 9.17) is 14.0 Å². The third-order valence-electron chi connectivity index (χ3n) is 5.44. The van der Waals surface area contributed by atoms with Gasteiger partial charge in [-0.2, -0.15) is 0 Å². The molecule has 0 aliphatic carbocycles. The number of benzene rings is 1. The summed E-state index contributed by atoms with van der Waals surface area (Å²) in [5.41, 5.74) is 1.14. The van der Waals surface area contributed by atoms with E-state index in [-0.39, 0.29) is 23.0 Å². The zero-order valence-corrected chi connectivity index (χ0v) is 19.2. The monoisotopic (exact) mass is 395 g/mol. The van der Waals surface area contributed by atoms with E-state index in [0.29, 0.717) is 19.6 Å². The SMILES string of the molecule is CON(C)C(=O)[C@@H](C)[C@@H](CCOCc1ccccc1)O[Si](C)(C)C(C)(C)C. The fraction of sp³-hybridized carbons (Fsp3) is 0.667. The summed E-state index contributed by atoms with van der Waals surface area (Å²) in [4.78, 5) is 17.7. The van der Waals surface area contributed by atoms with E-state index in [2.05, 4.69) is 33.9 Å². The summed E-state index contributed by atoms with van der Waals surface area (Å²) in [5.74, 6) is -0.381. The van der Waals surface area contributed by atoms with Crippen LogP contribution < -0.4 is 0 Å². The highest BCUT2D eigenvalue weighted by molar-refractivity contribution is 6.74. The molecule has 0 heterocycles. The minimum Gasteiger partial charge on any atom is -0.413 e. The number of rotatable bonds is 10. The van der Waals surface area contributed by atoms with Crippen molar-refractivity contribution in [3.63, 3.8) is 0 Å². The van der Waals surface area contributed by atoms with Crippen LogP contribution >= 0.6 is 0 Å². The van der Waals surface area contributed by atoms with E-state index < -0.39 is 8.32 Å². The minimum atomic E-state index is -2.01. The van der Waals surface area contributed by atoms with Gasteiger partial charge in [0.25, 0.3) is 5.91 Å². The Hall–Kier alpha value is -1.21. The average Bonchev–Trinajstić information content (AvgIpc) is 2.62. The van der Waals surface area contributed by atoms with E-state index >= 15 is 0 Å². The molecule has 27 heavy (non-hydrogen) atoms. The fourth-order valence-electron chi connectivity index (χ4n) is 2.47. The lowest BCUT2D eigenvalue weighted by atomic mass is 10.0. The Bertz CT molecular complexity index is 571. The molecule has 0 aliphatic heterocycles. The van der Waals surface area contributed by atoms with Gasteiger partial charge in [0.15, 0.2) is 8.32 Å². The van der Waals surface area contributed by atoms with Crippen molar-refractivity contribution in [2.45, 2.75) is 65.0 Å². The minimum absolute atomic E-state index is 0.0755. The number of hydrogen-bond acceptors (Lipinski definition) is 4. The molecule has 0 unspecified atom stereocenters. The highest BCUT2D eigenvalue weighted by Gasteiger charge is 2.41. The Balaban J connectivity index is 2.76. The number of nitrogens with zero attached hydrogens (tertiary/aromatic N) is 1. The van der Waals surface area contributed by atoms with Gasteiger partial charge in [0, 0.05) is 13.7 Å². The second-order valence-electron chi connectivity index (χ2n) is 8.55. The van der Waals surface area contributed by atoms with E-state index in [9.17, 15) is 4.79 Å².